The lowest BCUT2D eigenvalue weighted by molar-refractivity contribution is 0.0696. The lowest BCUT2D eigenvalue weighted by Crippen LogP contribution is -2.06. The molecule has 0 radical (unpaired) electrons. The van der Waals surface area contributed by atoms with E-state index in [4.69, 9.17) is 5.11 Å². The fourth-order valence-corrected chi connectivity index (χ4v) is 3.13. The molecular weight excluding hydrogens is 280 g/mol. The minimum absolute atomic E-state index is 0.00153. The summed E-state index contributed by atoms with van der Waals surface area (Å²) >= 11 is 0. The topological polar surface area (TPSA) is 89.3 Å². The lowest BCUT2D eigenvalue weighted by atomic mass is 10.2. The zero-order chi connectivity index (χ0) is 14.8. The molecule has 0 fully saturated rings. The van der Waals surface area contributed by atoms with E-state index in [1.54, 1.807) is 10.9 Å². The molecule has 1 aromatic carbocycles. The molecular formula is C13H14N2O4S. The van der Waals surface area contributed by atoms with Crippen molar-refractivity contribution in [3.05, 3.63) is 47.8 Å². The first kappa shape index (κ1) is 14.3. The second kappa shape index (κ2) is 5.46. The molecule has 1 aromatic heterocycles. The highest BCUT2D eigenvalue weighted by Gasteiger charge is 2.18. The van der Waals surface area contributed by atoms with E-state index in [9.17, 15) is 13.2 Å². The van der Waals surface area contributed by atoms with Crippen LogP contribution in [0.3, 0.4) is 0 Å². The molecule has 2 rings (SSSR count). The Bertz CT molecular complexity index is 734. The third-order valence-electron chi connectivity index (χ3n) is 2.81. The van der Waals surface area contributed by atoms with Crippen LogP contribution >= 0.6 is 0 Å². The van der Waals surface area contributed by atoms with Gasteiger partial charge in [-0.15, -0.1) is 0 Å². The van der Waals surface area contributed by atoms with Crippen molar-refractivity contribution in [2.45, 2.75) is 24.1 Å². The van der Waals surface area contributed by atoms with Crippen molar-refractivity contribution in [3.8, 4) is 0 Å². The Hall–Kier alpha value is -2.15. The molecule has 0 aliphatic carbocycles. The molecule has 0 atom stereocenters. The minimum atomic E-state index is -3.58. The van der Waals surface area contributed by atoms with Crippen molar-refractivity contribution in [2.24, 2.45) is 0 Å². The van der Waals surface area contributed by atoms with Gasteiger partial charge < -0.3 is 5.11 Å². The quantitative estimate of drug-likeness (QED) is 0.904. The average molecular weight is 294 g/mol. The summed E-state index contributed by atoms with van der Waals surface area (Å²) in [6, 6.07) is 5.34. The number of benzene rings is 1. The third-order valence-corrected chi connectivity index (χ3v) is 4.49. The van der Waals surface area contributed by atoms with Gasteiger partial charge in [0, 0.05) is 18.3 Å². The number of rotatable bonds is 5. The molecule has 0 amide bonds. The molecule has 7 heteroatoms. The van der Waals surface area contributed by atoms with Gasteiger partial charge in [-0.3, -0.25) is 4.68 Å². The van der Waals surface area contributed by atoms with Crippen molar-refractivity contribution in [1.82, 2.24) is 9.78 Å². The van der Waals surface area contributed by atoms with Gasteiger partial charge in [-0.05, 0) is 25.1 Å². The zero-order valence-corrected chi connectivity index (χ0v) is 11.7. The Balaban J connectivity index is 2.30. The molecule has 20 heavy (non-hydrogen) atoms. The molecule has 0 bridgehead atoms. The van der Waals surface area contributed by atoms with Crippen LogP contribution < -0.4 is 0 Å². The van der Waals surface area contributed by atoms with Crippen molar-refractivity contribution >= 4 is 15.8 Å². The van der Waals surface area contributed by atoms with Crippen LogP contribution in [0.1, 0.15) is 22.8 Å². The molecule has 1 heterocycles. The Kier molecular flexibility index (Phi) is 3.89. The van der Waals surface area contributed by atoms with Gasteiger partial charge in [-0.2, -0.15) is 5.10 Å². The largest absolute Gasteiger partial charge is 0.478 e. The van der Waals surface area contributed by atoms with Gasteiger partial charge in [0.1, 0.15) is 0 Å². The highest BCUT2D eigenvalue weighted by Crippen LogP contribution is 2.17. The van der Waals surface area contributed by atoms with Gasteiger partial charge in [0.05, 0.1) is 22.4 Å². The normalized spacial score (nSPS) is 11.4. The van der Waals surface area contributed by atoms with Gasteiger partial charge in [-0.1, -0.05) is 6.07 Å². The smallest absolute Gasteiger partial charge is 0.335 e. The van der Waals surface area contributed by atoms with Gasteiger partial charge in [0.25, 0.3) is 0 Å². The number of carbonyl (C=O) groups is 1. The van der Waals surface area contributed by atoms with E-state index in [1.165, 1.54) is 30.5 Å². The van der Waals surface area contributed by atoms with Gasteiger partial charge in [-0.25, -0.2) is 13.2 Å². The molecule has 0 spiro atoms. The van der Waals surface area contributed by atoms with Crippen molar-refractivity contribution in [3.63, 3.8) is 0 Å². The summed E-state index contributed by atoms with van der Waals surface area (Å²) in [5.74, 6) is -1.35. The Morgan fingerprint density at radius 1 is 1.40 bits per heavy atom. The highest BCUT2D eigenvalue weighted by molar-refractivity contribution is 7.90. The first-order valence-corrected chi connectivity index (χ1v) is 7.65. The van der Waals surface area contributed by atoms with Gasteiger partial charge >= 0.3 is 5.97 Å². The summed E-state index contributed by atoms with van der Waals surface area (Å²) in [6.07, 6.45) is 3.17. The third kappa shape index (κ3) is 3.05. The highest BCUT2D eigenvalue weighted by atomic mass is 32.2. The zero-order valence-electron chi connectivity index (χ0n) is 10.9. The van der Waals surface area contributed by atoms with Crippen LogP contribution in [0, 0.1) is 0 Å². The van der Waals surface area contributed by atoms with Crippen LogP contribution in [0.2, 0.25) is 0 Å². The van der Waals surface area contributed by atoms with E-state index in [-0.39, 0.29) is 16.2 Å². The first-order valence-electron chi connectivity index (χ1n) is 6.00. The maximum Gasteiger partial charge on any atom is 0.335 e. The number of aryl methyl sites for hydroxylation is 1. The van der Waals surface area contributed by atoms with Crippen LogP contribution in [-0.2, 0) is 22.1 Å². The maximum absolute atomic E-state index is 12.2. The number of carboxylic acids is 1. The Labute approximate surface area is 116 Å². The Morgan fingerprint density at radius 3 is 2.75 bits per heavy atom. The van der Waals surface area contributed by atoms with Crippen LogP contribution in [0.25, 0.3) is 0 Å². The van der Waals surface area contributed by atoms with Gasteiger partial charge in [0.2, 0.25) is 0 Å². The second-order valence-electron chi connectivity index (χ2n) is 4.30. The molecule has 6 nitrogen and oxygen atoms in total. The van der Waals surface area contributed by atoms with E-state index < -0.39 is 15.8 Å². The van der Waals surface area contributed by atoms with Crippen LogP contribution in [0.4, 0.5) is 0 Å². The standard InChI is InChI=1S/C13H14N2O4S/c1-2-15-8-10(7-14-15)9-20(18,19)12-5-3-4-11(6-12)13(16)17/h3-8H,2,9H2,1H3,(H,16,17). The van der Waals surface area contributed by atoms with E-state index >= 15 is 0 Å². The predicted molar refractivity (Wildman–Crippen MR) is 72.2 cm³/mol. The summed E-state index contributed by atoms with van der Waals surface area (Å²) in [4.78, 5) is 10.9. The number of carboxylic acid groups (broad SMARTS) is 1. The SMILES string of the molecule is CCn1cc(CS(=O)(=O)c2cccc(C(=O)O)c2)cn1. The molecule has 0 aliphatic rings. The van der Waals surface area contributed by atoms with Crippen LogP contribution in [0.15, 0.2) is 41.6 Å². The monoisotopic (exact) mass is 294 g/mol. The summed E-state index contributed by atoms with van der Waals surface area (Å²) in [5, 5.41) is 12.9. The molecule has 0 saturated heterocycles. The van der Waals surface area contributed by atoms with Crippen LogP contribution in [-0.4, -0.2) is 29.3 Å². The van der Waals surface area contributed by atoms with E-state index in [2.05, 4.69) is 5.10 Å². The summed E-state index contributed by atoms with van der Waals surface area (Å²) < 4.78 is 26.1. The van der Waals surface area contributed by atoms with Crippen molar-refractivity contribution < 1.29 is 18.3 Å². The van der Waals surface area contributed by atoms with Gasteiger partial charge in [0.15, 0.2) is 9.84 Å². The predicted octanol–water partition coefficient (Wildman–Crippen LogP) is 1.58. The molecule has 1 N–H and O–H groups in total. The first-order chi connectivity index (χ1) is 9.42. The minimum Gasteiger partial charge on any atom is -0.478 e. The fourth-order valence-electron chi connectivity index (χ4n) is 1.78. The second-order valence-corrected chi connectivity index (χ2v) is 6.29. The molecule has 0 aliphatic heterocycles. The van der Waals surface area contributed by atoms with E-state index in [0.717, 1.165) is 0 Å². The number of aromatic nitrogens is 2. The van der Waals surface area contributed by atoms with Crippen molar-refractivity contribution in [2.75, 3.05) is 0 Å². The van der Waals surface area contributed by atoms with Crippen LogP contribution in [0.5, 0.6) is 0 Å². The number of sulfone groups is 1. The number of hydrogen-bond acceptors (Lipinski definition) is 4. The molecule has 0 saturated carbocycles. The number of aromatic carboxylic acids is 1. The maximum atomic E-state index is 12.2. The number of hydrogen-bond donors (Lipinski definition) is 1. The summed E-state index contributed by atoms with van der Waals surface area (Å²) in [7, 11) is -3.58. The molecule has 0 unspecified atom stereocenters. The number of nitrogens with zero attached hydrogens (tertiary/aromatic N) is 2. The van der Waals surface area contributed by atoms with Crippen molar-refractivity contribution in [1.29, 1.82) is 0 Å². The molecule has 2 aromatic rings. The lowest BCUT2D eigenvalue weighted by Gasteiger charge is -2.04. The van der Waals surface area contributed by atoms with E-state index in [0.29, 0.717) is 12.1 Å². The average Bonchev–Trinajstić information content (AvgIpc) is 2.86. The summed E-state index contributed by atoms with van der Waals surface area (Å²) in [6.45, 7) is 2.57. The molecule has 106 valence electrons. The fraction of sp³-hybridized carbons (Fsp3) is 0.231. The Morgan fingerprint density at radius 2 is 2.15 bits per heavy atom. The van der Waals surface area contributed by atoms with E-state index in [1.807, 2.05) is 6.92 Å². The summed E-state index contributed by atoms with van der Waals surface area (Å²) in [5.41, 5.74) is 0.530.